The number of nitrogens with one attached hydrogen (secondary N) is 1. The number of aliphatic hydroxyl groups is 1. The number of carbonyl (C=O) groups is 1. The number of benzene rings is 2. The average Bonchev–Trinajstić information content (AvgIpc) is 2.53. The highest BCUT2D eigenvalue weighted by atomic mass is 35.5. The summed E-state index contributed by atoms with van der Waals surface area (Å²) in [6, 6.07) is 14.4. The highest BCUT2D eigenvalue weighted by Crippen LogP contribution is 2.22. The number of halogens is 1. The molecule has 0 spiro atoms. The fourth-order valence-corrected chi connectivity index (χ4v) is 2.28. The predicted octanol–water partition coefficient (Wildman–Crippen LogP) is 2.68. The zero-order valence-corrected chi connectivity index (χ0v) is 13.0. The van der Waals surface area contributed by atoms with Gasteiger partial charge in [0.2, 0.25) is 0 Å². The van der Waals surface area contributed by atoms with E-state index >= 15 is 0 Å². The topological polar surface area (TPSA) is 58.6 Å². The summed E-state index contributed by atoms with van der Waals surface area (Å²) in [7, 11) is 1.48. The van der Waals surface area contributed by atoms with Crippen molar-refractivity contribution in [3.8, 4) is 5.75 Å². The Bertz CT molecular complexity index is 631. The first-order valence-electron chi connectivity index (χ1n) is 6.94. The Balaban J connectivity index is 1.92. The number of hydrogen-bond donors (Lipinski definition) is 2. The summed E-state index contributed by atoms with van der Waals surface area (Å²) in [6.07, 6.45) is -0.163. The minimum atomic E-state index is -0.648. The normalized spacial score (nSPS) is 11.8. The lowest BCUT2D eigenvalue weighted by atomic mass is 10.1. The molecule has 1 amide bonds. The predicted molar refractivity (Wildman–Crippen MR) is 86.5 cm³/mol. The second-order valence-corrected chi connectivity index (χ2v) is 5.33. The van der Waals surface area contributed by atoms with E-state index in [1.165, 1.54) is 7.11 Å². The second kappa shape index (κ2) is 7.82. The molecule has 2 N–H and O–H groups in total. The monoisotopic (exact) mass is 319 g/mol. The van der Waals surface area contributed by atoms with Crippen molar-refractivity contribution in [1.82, 2.24) is 5.32 Å². The maximum Gasteiger partial charge on any atom is 0.255 e. The molecular weight excluding hydrogens is 302 g/mol. The summed E-state index contributed by atoms with van der Waals surface area (Å²) in [5, 5.41) is 13.2. The van der Waals surface area contributed by atoms with Gasteiger partial charge in [-0.25, -0.2) is 0 Å². The van der Waals surface area contributed by atoms with Gasteiger partial charge in [0.15, 0.2) is 0 Å². The van der Waals surface area contributed by atoms with E-state index in [1.807, 2.05) is 30.3 Å². The standard InChI is InChI=1S/C17H18ClNO3/c1-22-16-10-13(18)7-8-15(16)17(21)19-11-14(20)9-12-5-3-2-4-6-12/h2-8,10,14,20H,9,11H2,1H3,(H,19,21). The van der Waals surface area contributed by atoms with Gasteiger partial charge < -0.3 is 15.2 Å². The van der Waals surface area contributed by atoms with Crippen LogP contribution in [0.25, 0.3) is 0 Å². The smallest absolute Gasteiger partial charge is 0.255 e. The Morgan fingerprint density at radius 2 is 2.00 bits per heavy atom. The van der Waals surface area contributed by atoms with Crippen molar-refractivity contribution < 1.29 is 14.6 Å². The van der Waals surface area contributed by atoms with Gasteiger partial charge in [-0.15, -0.1) is 0 Å². The van der Waals surface area contributed by atoms with Crippen LogP contribution in [-0.4, -0.2) is 30.8 Å². The second-order valence-electron chi connectivity index (χ2n) is 4.90. The Labute approximate surface area is 134 Å². The van der Waals surface area contributed by atoms with Gasteiger partial charge in [0.1, 0.15) is 5.75 Å². The third-order valence-electron chi connectivity index (χ3n) is 3.22. The van der Waals surface area contributed by atoms with Crippen LogP contribution in [0.4, 0.5) is 0 Å². The average molecular weight is 320 g/mol. The quantitative estimate of drug-likeness (QED) is 0.860. The summed E-state index contributed by atoms with van der Waals surface area (Å²) < 4.78 is 5.14. The molecule has 0 heterocycles. The summed E-state index contributed by atoms with van der Waals surface area (Å²) >= 11 is 5.87. The van der Waals surface area contributed by atoms with Crippen LogP contribution in [0, 0.1) is 0 Å². The van der Waals surface area contributed by atoms with E-state index in [9.17, 15) is 9.90 Å². The molecule has 5 heteroatoms. The minimum absolute atomic E-state index is 0.166. The SMILES string of the molecule is COc1cc(Cl)ccc1C(=O)NCC(O)Cc1ccccc1. The first-order valence-corrected chi connectivity index (χ1v) is 7.31. The Hall–Kier alpha value is -2.04. The van der Waals surface area contributed by atoms with Crippen molar-refractivity contribution in [3.05, 3.63) is 64.7 Å². The van der Waals surface area contributed by atoms with Crippen LogP contribution in [0.5, 0.6) is 5.75 Å². The zero-order valence-electron chi connectivity index (χ0n) is 12.3. The minimum Gasteiger partial charge on any atom is -0.496 e. The summed E-state index contributed by atoms with van der Waals surface area (Å²) in [4.78, 5) is 12.1. The summed E-state index contributed by atoms with van der Waals surface area (Å²) in [5.41, 5.74) is 1.41. The van der Waals surface area contributed by atoms with Crippen molar-refractivity contribution >= 4 is 17.5 Å². The highest BCUT2D eigenvalue weighted by molar-refractivity contribution is 6.30. The lowest BCUT2D eigenvalue weighted by molar-refractivity contribution is 0.0913. The molecule has 116 valence electrons. The van der Waals surface area contributed by atoms with Crippen LogP contribution in [0.1, 0.15) is 15.9 Å². The van der Waals surface area contributed by atoms with E-state index in [0.29, 0.717) is 22.8 Å². The van der Waals surface area contributed by atoms with Gasteiger partial charge in [0.25, 0.3) is 5.91 Å². The lowest BCUT2D eigenvalue weighted by Gasteiger charge is -2.13. The molecular formula is C17H18ClNO3. The van der Waals surface area contributed by atoms with Crippen molar-refractivity contribution in [2.24, 2.45) is 0 Å². The third-order valence-corrected chi connectivity index (χ3v) is 3.46. The zero-order chi connectivity index (χ0) is 15.9. The fourth-order valence-electron chi connectivity index (χ4n) is 2.12. The highest BCUT2D eigenvalue weighted by Gasteiger charge is 2.14. The van der Waals surface area contributed by atoms with Gasteiger partial charge in [-0.05, 0) is 23.8 Å². The van der Waals surface area contributed by atoms with Gasteiger partial charge in [-0.1, -0.05) is 41.9 Å². The summed E-state index contributed by atoms with van der Waals surface area (Å²) in [5.74, 6) is 0.100. The van der Waals surface area contributed by atoms with Gasteiger partial charge in [-0.3, -0.25) is 4.79 Å². The molecule has 0 saturated carbocycles. The lowest BCUT2D eigenvalue weighted by Crippen LogP contribution is -2.33. The van der Waals surface area contributed by atoms with Crippen molar-refractivity contribution in [2.45, 2.75) is 12.5 Å². The van der Waals surface area contributed by atoms with Crippen LogP contribution in [-0.2, 0) is 6.42 Å². The molecule has 2 aromatic carbocycles. The fraction of sp³-hybridized carbons (Fsp3) is 0.235. The Morgan fingerprint density at radius 1 is 1.27 bits per heavy atom. The first-order chi connectivity index (χ1) is 10.6. The van der Waals surface area contributed by atoms with Gasteiger partial charge in [0, 0.05) is 18.0 Å². The number of rotatable bonds is 6. The van der Waals surface area contributed by atoms with E-state index in [0.717, 1.165) is 5.56 Å². The molecule has 0 bridgehead atoms. The van der Waals surface area contributed by atoms with Crippen LogP contribution < -0.4 is 10.1 Å². The van der Waals surface area contributed by atoms with E-state index in [-0.39, 0.29) is 12.5 Å². The number of carbonyl (C=O) groups excluding carboxylic acids is 1. The van der Waals surface area contributed by atoms with Gasteiger partial charge >= 0.3 is 0 Å². The molecule has 1 atom stereocenters. The molecule has 0 aliphatic carbocycles. The number of amides is 1. The van der Waals surface area contributed by atoms with Crippen LogP contribution in [0.3, 0.4) is 0 Å². The van der Waals surface area contributed by atoms with Crippen LogP contribution >= 0.6 is 11.6 Å². The van der Waals surface area contributed by atoms with Gasteiger partial charge in [-0.2, -0.15) is 0 Å². The number of hydrogen-bond acceptors (Lipinski definition) is 3. The molecule has 2 rings (SSSR count). The van der Waals surface area contributed by atoms with E-state index in [2.05, 4.69) is 5.32 Å². The Morgan fingerprint density at radius 3 is 2.68 bits per heavy atom. The molecule has 0 saturated heterocycles. The third kappa shape index (κ3) is 4.48. The van der Waals surface area contributed by atoms with Crippen LogP contribution in [0.2, 0.25) is 5.02 Å². The van der Waals surface area contributed by atoms with Crippen LogP contribution in [0.15, 0.2) is 48.5 Å². The largest absolute Gasteiger partial charge is 0.496 e. The molecule has 2 aromatic rings. The molecule has 22 heavy (non-hydrogen) atoms. The van der Waals surface area contributed by atoms with Crippen molar-refractivity contribution in [1.29, 1.82) is 0 Å². The van der Waals surface area contributed by atoms with Crippen molar-refractivity contribution in [3.63, 3.8) is 0 Å². The van der Waals surface area contributed by atoms with Crippen molar-refractivity contribution in [2.75, 3.05) is 13.7 Å². The number of methoxy groups -OCH3 is 1. The number of ether oxygens (including phenoxy) is 1. The van der Waals surface area contributed by atoms with Gasteiger partial charge in [0.05, 0.1) is 18.8 Å². The Kier molecular flexibility index (Phi) is 5.81. The molecule has 0 radical (unpaired) electrons. The summed E-state index contributed by atoms with van der Waals surface area (Å²) in [6.45, 7) is 0.166. The molecule has 0 aliphatic rings. The maximum atomic E-state index is 12.1. The van der Waals surface area contributed by atoms with E-state index in [4.69, 9.17) is 16.3 Å². The van der Waals surface area contributed by atoms with E-state index < -0.39 is 6.10 Å². The molecule has 0 aliphatic heterocycles. The molecule has 0 fully saturated rings. The molecule has 4 nitrogen and oxygen atoms in total. The molecule has 1 unspecified atom stereocenters. The number of aliphatic hydroxyl groups excluding tert-OH is 1. The first kappa shape index (κ1) is 16.3. The van der Waals surface area contributed by atoms with E-state index in [1.54, 1.807) is 18.2 Å². The molecule has 0 aromatic heterocycles. The maximum absolute atomic E-state index is 12.1.